The first-order valence-corrected chi connectivity index (χ1v) is 7.52. The van der Waals surface area contributed by atoms with Crippen molar-refractivity contribution in [1.29, 1.82) is 0 Å². The molecule has 1 aromatic heterocycles. The molecular weight excluding hydrogens is 340 g/mol. The Bertz CT molecular complexity index is 662. The molecule has 0 saturated carbocycles. The Hall–Kier alpha value is -1.11. The first-order valence-electron chi connectivity index (χ1n) is 4.87. The van der Waals surface area contributed by atoms with Crippen molar-refractivity contribution in [3.63, 3.8) is 0 Å². The molecule has 0 amide bonds. The number of hydrogen-bond donors (Lipinski definition) is 1. The summed E-state index contributed by atoms with van der Waals surface area (Å²) in [6.45, 7) is 0. The van der Waals surface area contributed by atoms with Gasteiger partial charge in [0, 0.05) is 16.9 Å². The molecule has 4 nitrogen and oxygen atoms in total. The van der Waals surface area contributed by atoms with Crippen molar-refractivity contribution in [3.05, 3.63) is 52.2 Å². The summed E-state index contributed by atoms with van der Waals surface area (Å²) in [7, 11) is -3.69. The molecular formula is C11H8BrClN2O2S. The van der Waals surface area contributed by atoms with Crippen molar-refractivity contribution in [3.8, 4) is 0 Å². The normalized spacial score (nSPS) is 11.2. The second kappa shape index (κ2) is 5.26. The van der Waals surface area contributed by atoms with E-state index in [1.807, 2.05) is 0 Å². The van der Waals surface area contributed by atoms with E-state index in [0.717, 1.165) is 4.47 Å². The summed E-state index contributed by atoms with van der Waals surface area (Å²) in [4.78, 5) is 3.84. The van der Waals surface area contributed by atoms with Crippen molar-refractivity contribution in [1.82, 2.24) is 4.98 Å². The average molecular weight is 348 g/mol. The van der Waals surface area contributed by atoms with E-state index in [4.69, 9.17) is 11.6 Å². The van der Waals surface area contributed by atoms with Crippen molar-refractivity contribution in [2.75, 3.05) is 4.72 Å². The van der Waals surface area contributed by atoms with Gasteiger partial charge >= 0.3 is 0 Å². The van der Waals surface area contributed by atoms with Crippen LogP contribution in [0.2, 0.25) is 5.02 Å². The summed E-state index contributed by atoms with van der Waals surface area (Å²) < 4.78 is 27.4. The van der Waals surface area contributed by atoms with Gasteiger partial charge in [0.15, 0.2) is 0 Å². The second-order valence-corrected chi connectivity index (χ2v) is 6.39. The number of nitrogens with one attached hydrogen (secondary N) is 1. The highest BCUT2D eigenvalue weighted by Crippen LogP contribution is 2.26. The predicted octanol–water partition coefficient (Wildman–Crippen LogP) is 3.30. The first-order chi connectivity index (χ1) is 8.49. The lowest BCUT2D eigenvalue weighted by Gasteiger charge is -2.09. The molecule has 2 aromatic rings. The third-order valence-corrected chi connectivity index (χ3v) is 4.47. The molecule has 0 saturated heterocycles. The van der Waals surface area contributed by atoms with Gasteiger partial charge in [-0.3, -0.25) is 9.71 Å². The van der Waals surface area contributed by atoms with Gasteiger partial charge in [-0.2, -0.15) is 0 Å². The van der Waals surface area contributed by atoms with Gasteiger partial charge in [-0.1, -0.05) is 27.5 Å². The van der Waals surface area contributed by atoms with E-state index in [0.29, 0.717) is 5.69 Å². The lowest BCUT2D eigenvalue weighted by molar-refractivity contribution is 0.601. The zero-order chi connectivity index (χ0) is 13.2. The van der Waals surface area contributed by atoms with Crippen molar-refractivity contribution >= 4 is 43.2 Å². The monoisotopic (exact) mass is 346 g/mol. The number of sulfonamides is 1. The summed E-state index contributed by atoms with van der Waals surface area (Å²) in [5, 5.41) is 0.158. The summed E-state index contributed by atoms with van der Waals surface area (Å²) in [5.74, 6) is 0. The molecule has 0 fully saturated rings. The van der Waals surface area contributed by atoms with E-state index in [1.165, 1.54) is 24.5 Å². The number of halogens is 2. The number of anilines is 1. The van der Waals surface area contributed by atoms with Crippen LogP contribution in [0.5, 0.6) is 0 Å². The zero-order valence-electron chi connectivity index (χ0n) is 8.97. The lowest BCUT2D eigenvalue weighted by atomic mass is 10.4. The minimum Gasteiger partial charge on any atom is -0.279 e. The molecule has 0 spiro atoms. The van der Waals surface area contributed by atoms with Gasteiger partial charge in [0.25, 0.3) is 10.0 Å². The maximum atomic E-state index is 12.1. The van der Waals surface area contributed by atoms with Crippen LogP contribution < -0.4 is 4.72 Å². The topological polar surface area (TPSA) is 59.1 Å². The molecule has 2 rings (SSSR count). The fraction of sp³-hybridized carbons (Fsp3) is 0. The quantitative estimate of drug-likeness (QED) is 0.927. The fourth-order valence-corrected chi connectivity index (χ4v) is 3.42. The van der Waals surface area contributed by atoms with E-state index >= 15 is 0 Å². The molecule has 1 N–H and O–H groups in total. The predicted molar refractivity (Wildman–Crippen MR) is 74.2 cm³/mol. The Morgan fingerprint density at radius 1 is 1.17 bits per heavy atom. The fourth-order valence-electron chi connectivity index (χ4n) is 1.32. The van der Waals surface area contributed by atoms with Gasteiger partial charge in [0.05, 0.1) is 10.7 Å². The van der Waals surface area contributed by atoms with E-state index in [1.54, 1.807) is 18.2 Å². The van der Waals surface area contributed by atoms with Crippen LogP contribution in [0.15, 0.2) is 52.1 Å². The van der Waals surface area contributed by atoms with E-state index in [9.17, 15) is 8.42 Å². The van der Waals surface area contributed by atoms with Crippen molar-refractivity contribution < 1.29 is 8.42 Å². The molecule has 94 valence electrons. The van der Waals surface area contributed by atoms with E-state index in [-0.39, 0.29) is 9.92 Å². The largest absolute Gasteiger partial charge is 0.279 e. The molecule has 0 bridgehead atoms. The highest BCUT2D eigenvalue weighted by molar-refractivity contribution is 9.10. The van der Waals surface area contributed by atoms with Gasteiger partial charge in [0.1, 0.15) is 4.90 Å². The molecule has 0 aliphatic carbocycles. The Balaban J connectivity index is 2.37. The Morgan fingerprint density at radius 2 is 1.83 bits per heavy atom. The van der Waals surface area contributed by atoms with Crippen LogP contribution in [0.25, 0.3) is 0 Å². The Labute approximate surface area is 118 Å². The number of rotatable bonds is 3. The summed E-state index contributed by atoms with van der Waals surface area (Å²) >= 11 is 9.14. The molecule has 18 heavy (non-hydrogen) atoms. The highest BCUT2D eigenvalue weighted by atomic mass is 79.9. The minimum atomic E-state index is -3.69. The third-order valence-electron chi connectivity index (χ3n) is 2.12. The third kappa shape index (κ3) is 3.01. The van der Waals surface area contributed by atoms with E-state index in [2.05, 4.69) is 25.6 Å². The standard InChI is InChI=1S/C11H8BrClN2O2S/c12-8-1-2-11(10(13)7-8)18(16,17)15-9-3-5-14-6-4-9/h1-7H,(H,14,15). The molecule has 0 radical (unpaired) electrons. The maximum Gasteiger partial charge on any atom is 0.263 e. The van der Waals surface area contributed by atoms with Gasteiger partial charge < -0.3 is 0 Å². The number of hydrogen-bond acceptors (Lipinski definition) is 3. The number of nitrogens with zero attached hydrogens (tertiary/aromatic N) is 1. The Morgan fingerprint density at radius 3 is 2.44 bits per heavy atom. The van der Waals surface area contributed by atoms with Crippen LogP contribution in [0.1, 0.15) is 0 Å². The van der Waals surface area contributed by atoms with Crippen LogP contribution >= 0.6 is 27.5 Å². The smallest absolute Gasteiger partial charge is 0.263 e. The SMILES string of the molecule is O=S(=O)(Nc1ccncc1)c1ccc(Br)cc1Cl. The van der Waals surface area contributed by atoms with Crippen LogP contribution in [0.4, 0.5) is 5.69 Å². The van der Waals surface area contributed by atoms with Gasteiger partial charge in [0.2, 0.25) is 0 Å². The summed E-state index contributed by atoms with van der Waals surface area (Å²) in [6.07, 6.45) is 3.00. The molecule has 1 aromatic carbocycles. The van der Waals surface area contributed by atoms with Crippen LogP contribution in [0, 0.1) is 0 Å². The van der Waals surface area contributed by atoms with Gasteiger partial charge in [-0.15, -0.1) is 0 Å². The minimum absolute atomic E-state index is 0.0316. The van der Waals surface area contributed by atoms with Crippen LogP contribution in [-0.4, -0.2) is 13.4 Å². The van der Waals surface area contributed by atoms with Gasteiger partial charge in [-0.25, -0.2) is 8.42 Å². The molecule has 0 aliphatic rings. The number of pyridine rings is 1. The zero-order valence-corrected chi connectivity index (χ0v) is 12.1. The lowest BCUT2D eigenvalue weighted by Crippen LogP contribution is -2.13. The molecule has 0 atom stereocenters. The van der Waals surface area contributed by atoms with Crippen LogP contribution in [0.3, 0.4) is 0 Å². The van der Waals surface area contributed by atoms with E-state index < -0.39 is 10.0 Å². The average Bonchev–Trinajstić information content (AvgIpc) is 2.29. The first kappa shape index (κ1) is 13.3. The van der Waals surface area contributed by atoms with Crippen molar-refractivity contribution in [2.45, 2.75) is 4.90 Å². The molecule has 0 aliphatic heterocycles. The summed E-state index contributed by atoms with van der Waals surface area (Å²) in [5.41, 5.74) is 0.434. The van der Waals surface area contributed by atoms with Gasteiger partial charge in [-0.05, 0) is 30.3 Å². The molecule has 0 unspecified atom stereocenters. The number of aromatic nitrogens is 1. The Kier molecular flexibility index (Phi) is 3.89. The van der Waals surface area contributed by atoms with Crippen molar-refractivity contribution in [2.24, 2.45) is 0 Å². The second-order valence-electron chi connectivity index (χ2n) is 3.42. The summed E-state index contributed by atoms with van der Waals surface area (Å²) in [6, 6.07) is 7.71. The molecule has 7 heteroatoms. The molecule has 1 heterocycles. The maximum absolute atomic E-state index is 12.1. The highest BCUT2D eigenvalue weighted by Gasteiger charge is 2.17. The number of benzene rings is 1. The van der Waals surface area contributed by atoms with Crippen LogP contribution in [-0.2, 0) is 10.0 Å².